The lowest BCUT2D eigenvalue weighted by atomic mass is 9.97. The zero-order valence-electron chi connectivity index (χ0n) is 14.3. The van der Waals surface area contributed by atoms with Gasteiger partial charge in [-0.1, -0.05) is 19.1 Å². The van der Waals surface area contributed by atoms with Crippen molar-refractivity contribution in [3.63, 3.8) is 0 Å². The van der Waals surface area contributed by atoms with Crippen LogP contribution in [0.4, 0.5) is 0 Å². The number of likely N-dealkylation sites (tertiary alicyclic amines) is 1. The number of benzene rings is 1. The maximum absolute atomic E-state index is 10.3. The summed E-state index contributed by atoms with van der Waals surface area (Å²) in [6.45, 7) is 5.07. The average molecular weight is 329 g/mol. The molecule has 24 heavy (non-hydrogen) atoms. The van der Waals surface area contributed by atoms with E-state index in [1.165, 1.54) is 5.56 Å². The van der Waals surface area contributed by atoms with Crippen molar-refractivity contribution in [1.29, 1.82) is 0 Å². The molecule has 0 amide bonds. The van der Waals surface area contributed by atoms with Crippen LogP contribution in [0.2, 0.25) is 0 Å². The number of aromatic amines is 1. The quantitative estimate of drug-likeness (QED) is 0.820. The Morgan fingerprint density at radius 1 is 1.38 bits per heavy atom. The zero-order valence-corrected chi connectivity index (χ0v) is 14.3. The van der Waals surface area contributed by atoms with Crippen molar-refractivity contribution in [1.82, 2.24) is 14.9 Å². The van der Waals surface area contributed by atoms with Gasteiger partial charge < -0.3 is 14.8 Å². The molecule has 2 heterocycles. The first-order valence-corrected chi connectivity index (χ1v) is 8.86. The van der Waals surface area contributed by atoms with Gasteiger partial charge in [-0.05, 0) is 43.5 Å². The van der Waals surface area contributed by atoms with Crippen LogP contribution in [-0.4, -0.2) is 52.3 Å². The highest BCUT2D eigenvalue weighted by atomic mass is 16.5. The third kappa shape index (κ3) is 4.58. The number of β-amino-alcohol motifs (C(OH)–C–C–N with tert-alkyl or cyclic N) is 1. The number of aryl methyl sites for hydroxylation is 1. The number of rotatable bonds is 7. The number of hydrogen-bond acceptors (Lipinski definition) is 4. The van der Waals surface area contributed by atoms with Crippen LogP contribution in [-0.2, 0) is 6.42 Å². The molecule has 0 aliphatic carbocycles. The van der Waals surface area contributed by atoms with E-state index >= 15 is 0 Å². The fourth-order valence-electron chi connectivity index (χ4n) is 3.31. The van der Waals surface area contributed by atoms with Crippen LogP contribution in [0.25, 0.3) is 0 Å². The lowest BCUT2D eigenvalue weighted by Crippen LogP contribution is -2.41. The average Bonchev–Trinajstić information content (AvgIpc) is 3.15. The van der Waals surface area contributed by atoms with Gasteiger partial charge in [0.2, 0.25) is 0 Å². The minimum Gasteiger partial charge on any atom is -0.491 e. The number of hydrogen-bond donors (Lipinski definition) is 2. The Morgan fingerprint density at radius 2 is 2.21 bits per heavy atom. The van der Waals surface area contributed by atoms with Crippen LogP contribution >= 0.6 is 0 Å². The second-order valence-corrected chi connectivity index (χ2v) is 6.54. The highest BCUT2D eigenvalue weighted by Gasteiger charge is 2.24. The fourth-order valence-corrected chi connectivity index (χ4v) is 3.31. The molecule has 1 fully saturated rings. The summed E-state index contributed by atoms with van der Waals surface area (Å²) in [7, 11) is 0. The SMILES string of the molecule is CCc1ccc(OCC(O)CN2CCCC(c3ncc[nH]3)C2)cc1. The van der Waals surface area contributed by atoms with Crippen molar-refractivity contribution in [2.75, 3.05) is 26.2 Å². The maximum Gasteiger partial charge on any atom is 0.119 e. The lowest BCUT2D eigenvalue weighted by Gasteiger charge is -2.33. The Hall–Kier alpha value is -1.85. The summed E-state index contributed by atoms with van der Waals surface area (Å²) < 4.78 is 5.71. The van der Waals surface area contributed by atoms with Gasteiger partial charge in [-0.3, -0.25) is 4.90 Å². The highest BCUT2D eigenvalue weighted by Crippen LogP contribution is 2.24. The number of aromatic nitrogens is 2. The second kappa shape index (κ2) is 8.31. The van der Waals surface area contributed by atoms with Crippen molar-refractivity contribution < 1.29 is 9.84 Å². The number of ether oxygens (including phenoxy) is 1. The molecule has 0 spiro atoms. The molecule has 1 aromatic carbocycles. The first-order valence-electron chi connectivity index (χ1n) is 8.86. The van der Waals surface area contributed by atoms with E-state index in [1.54, 1.807) is 6.20 Å². The van der Waals surface area contributed by atoms with Crippen LogP contribution in [0.3, 0.4) is 0 Å². The summed E-state index contributed by atoms with van der Waals surface area (Å²) in [6, 6.07) is 8.08. The molecule has 2 N–H and O–H groups in total. The molecule has 5 heteroatoms. The molecule has 3 rings (SSSR count). The number of nitrogens with one attached hydrogen (secondary N) is 1. The smallest absolute Gasteiger partial charge is 0.119 e. The molecule has 0 bridgehead atoms. The normalized spacial score (nSPS) is 20.0. The van der Waals surface area contributed by atoms with E-state index in [4.69, 9.17) is 4.74 Å². The van der Waals surface area contributed by atoms with Gasteiger partial charge in [0.15, 0.2) is 0 Å². The highest BCUT2D eigenvalue weighted by molar-refractivity contribution is 5.27. The van der Waals surface area contributed by atoms with Gasteiger partial charge in [0.05, 0.1) is 0 Å². The van der Waals surface area contributed by atoms with Crippen molar-refractivity contribution in [3.8, 4) is 5.75 Å². The number of imidazole rings is 1. The van der Waals surface area contributed by atoms with Crippen molar-refractivity contribution in [3.05, 3.63) is 48.0 Å². The van der Waals surface area contributed by atoms with Gasteiger partial charge >= 0.3 is 0 Å². The Morgan fingerprint density at radius 3 is 2.92 bits per heavy atom. The Bertz CT molecular complexity index is 598. The van der Waals surface area contributed by atoms with Crippen LogP contribution in [0.15, 0.2) is 36.7 Å². The van der Waals surface area contributed by atoms with Gasteiger partial charge in [-0.25, -0.2) is 4.98 Å². The number of aliphatic hydroxyl groups is 1. The standard InChI is InChI=1S/C19H27N3O2/c1-2-15-5-7-18(8-6-15)24-14-17(23)13-22-11-3-4-16(12-22)19-20-9-10-21-19/h5-10,16-17,23H,2-4,11-14H2,1H3,(H,20,21). The number of nitrogens with zero attached hydrogens (tertiary/aromatic N) is 2. The Kier molecular flexibility index (Phi) is 5.88. The first-order chi connectivity index (χ1) is 11.7. The van der Waals surface area contributed by atoms with Crippen LogP contribution < -0.4 is 4.74 Å². The minimum absolute atomic E-state index is 0.327. The molecule has 2 aromatic rings. The van der Waals surface area contributed by atoms with Crippen LogP contribution in [0.1, 0.15) is 37.1 Å². The minimum atomic E-state index is -0.480. The molecule has 1 aliphatic rings. The van der Waals surface area contributed by atoms with Gasteiger partial charge in [-0.2, -0.15) is 0 Å². The molecule has 1 aromatic heterocycles. The summed E-state index contributed by atoms with van der Waals surface area (Å²) in [4.78, 5) is 9.90. The predicted octanol–water partition coefficient (Wildman–Crippen LogP) is 2.59. The predicted molar refractivity (Wildman–Crippen MR) is 94.3 cm³/mol. The van der Waals surface area contributed by atoms with Gasteiger partial charge in [0.1, 0.15) is 24.3 Å². The fraction of sp³-hybridized carbons (Fsp3) is 0.526. The van der Waals surface area contributed by atoms with Crippen molar-refractivity contribution in [2.24, 2.45) is 0 Å². The summed E-state index contributed by atoms with van der Waals surface area (Å²) in [5, 5.41) is 10.3. The van der Waals surface area contributed by atoms with E-state index in [2.05, 4.69) is 33.9 Å². The van der Waals surface area contributed by atoms with E-state index in [0.29, 0.717) is 19.1 Å². The lowest BCUT2D eigenvalue weighted by molar-refractivity contribution is 0.0578. The second-order valence-electron chi connectivity index (χ2n) is 6.54. The maximum atomic E-state index is 10.3. The largest absolute Gasteiger partial charge is 0.491 e. The molecule has 2 unspecified atom stereocenters. The van der Waals surface area contributed by atoms with Gasteiger partial charge in [0.25, 0.3) is 0 Å². The van der Waals surface area contributed by atoms with Gasteiger partial charge in [-0.15, -0.1) is 0 Å². The van der Waals surface area contributed by atoms with Crippen LogP contribution in [0.5, 0.6) is 5.75 Å². The third-order valence-corrected chi connectivity index (χ3v) is 4.65. The monoisotopic (exact) mass is 329 g/mol. The molecule has 130 valence electrons. The Labute approximate surface area is 143 Å². The molecule has 1 aliphatic heterocycles. The van der Waals surface area contributed by atoms with E-state index < -0.39 is 6.10 Å². The van der Waals surface area contributed by atoms with E-state index in [0.717, 1.165) is 43.9 Å². The first kappa shape index (κ1) is 17.0. The summed E-state index contributed by atoms with van der Waals surface area (Å²) in [5.41, 5.74) is 1.29. The molecule has 1 saturated heterocycles. The number of H-pyrrole nitrogens is 1. The molecular weight excluding hydrogens is 302 g/mol. The molecule has 0 radical (unpaired) electrons. The summed E-state index contributed by atoms with van der Waals surface area (Å²) in [5.74, 6) is 2.31. The van der Waals surface area contributed by atoms with Gasteiger partial charge in [0, 0.05) is 31.4 Å². The molecule has 0 saturated carbocycles. The van der Waals surface area contributed by atoms with E-state index in [-0.39, 0.29) is 0 Å². The number of aliphatic hydroxyl groups excluding tert-OH is 1. The molecular formula is C19H27N3O2. The number of piperidine rings is 1. The Balaban J connectivity index is 1.44. The van der Waals surface area contributed by atoms with Crippen molar-refractivity contribution in [2.45, 2.75) is 38.2 Å². The topological polar surface area (TPSA) is 61.4 Å². The van der Waals surface area contributed by atoms with E-state index in [9.17, 15) is 5.11 Å². The summed E-state index contributed by atoms with van der Waals surface area (Å²) in [6.07, 6.45) is 6.51. The van der Waals surface area contributed by atoms with E-state index in [1.807, 2.05) is 18.3 Å². The zero-order chi connectivity index (χ0) is 16.8. The van der Waals surface area contributed by atoms with Crippen LogP contribution in [0, 0.1) is 0 Å². The molecule has 5 nitrogen and oxygen atoms in total. The van der Waals surface area contributed by atoms with Crippen molar-refractivity contribution >= 4 is 0 Å². The third-order valence-electron chi connectivity index (χ3n) is 4.65. The molecule has 2 atom stereocenters. The summed E-state index contributed by atoms with van der Waals surface area (Å²) >= 11 is 0.